The summed E-state index contributed by atoms with van der Waals surface area (Å²) in [4.78, 5) is 4.93. The highest BCUT2D eigenvalue weighted by Gasteiger charge is 2.10. The van der Waals surface area contributed by atoms with Crippen molar-refractivity contribution in [2.75, 3.05) is 6.54 Å². The van der Waals surface area contributed by atoms with Gasteiger partial charge in [0.15, 0.2) is 0 Å². The number of hydrogen-bond acceptors (Lipinski definition) is 2. The Balaban J connectivity index is 1.54. The van der Waals surface area contributed by atoms with Gasteiger partial charge in [0.05, 0.1) is 11.0 Å². The predicted molar refractivity (Wildman–Crippen MR) is 115 cm³/mol. The summed E-state index contributed by atoms with van der Waals surface area (Å²) in [5, 5.41) is 0. The third kappa shape index (κ3) is 5.93. The van der Waals surface area contributed by atoms with Crippen LogP contribution >= 0.6 is 0 Å². The van der Waals surface area contributed by atoms with Crippen LogP contribution in [0.4, 0.5) is 0 Å². The average molecular weight is 364 g/mol. The number of nitrogens with two attached hydrogens (primary N) is 1. The summed E-state index contributed by atoms with van der Waals surface area (Å²) >= 11 is 0. The molecule has 3 nitrogen and oxygen atoms in total. The van der Waals surface area contributed by atoms with E-state index in [9.17, 15) is 0 Å². The molecule has 0 radical (unpaired) electrons. The molecule has 144 valence electrons. The standard InChI is InChI=1S/C24H33N3/c25-19-13-6-4-2-1-3-5-10-18-24-26-22-16-11-12-17-23(22)27(24)20-21-14-8-7-9-15-21/h7-9,11-12,14-17H,1-6,10,13,18-20,25H2. The molecule has 0 atom stereocenters. The first kappa shape index (κ1) is 19.6. The fourth-order valence-electron chi connectivity index (χ4n) is 3.75. The van der Waals surface area contributed by atoms with Crippen LogP contribution in [0.3, 0.4) is 0 Å². The Morgan fingerprint density at radius 3 is 2.07 bits per heavy atom. The zero-order valence-electron chi connectivity index (χ0n) is 16.4. The lowest BCUT2D eigenvalue weighted by Crippen LogP contribution is -2.05. The smallest absolute Gasteiger partial charge is 0.110 e. The molecule has 0 unspecified atom stereocenters. The van der Waals surface area contributed by atoms with Crippen molar-refractivity contribution in [1.82, 2.24) is 9.55 Å². The Morgan fingerprint density at radius 2 is 1.33 bits per heavy atom. The van der Waals surface area contributed by atoms with Crippen molar-refractivity contribution < 1.29 is 0 Å². The van der Waals surface area contributed by atoms with Crippen LogP contribution < -0.4 is 5.73 Å². The third-order valence-electron chi connectivity index (χ3n) is 5.27. The molecule has 3 aromatic rings. The Morgan fingerprint density at radius 1 is 0.704 bits per heavy atom. The normalized spacial score (nSPS) is 11.3. The van der Waals surface area contributed by atoms with Crippen molar-refractivity contribution in [1.29, 1.82) is 0 Å². The van der Waals surface area contributed by atoms with Crippen LogP contribution in [0.2, 0.25) is 0 Å². The van der Waals surface area contributed by atoms with Crippen LogP contribution in [0.25, 0.3) is 11.0 Å². The molecule has 2 aromatic carbocycles. The van der Waals surface area contributed by atoms with Crippen molar-refractivity contribution >= 4 is 11.0 Å². The highest BCUT2D eigenvalue weighted by atomic mass is 15.1. The Labute approximate surface area is 163 Å². The zero-order valence-corrected chi connectivity index (χ0v) is 16.4. The number of para-hydroxylation sites is 2. The monoisotopic (exact) mass is 363 g/mol. The average Bonchev–Trinajstić information content (AvgIpc) is 3.05. The fourth-order valence-corrected chi connectivity index (χ4v) is 3.75. The number of benzene rings is 2. The first-order valence-corrected chi connectivity index (χ1v) is 10.6. The minimum Gasteiger partial charge on any atom is -0.330 e. The number of aromatic nitrogens is 2. The summed E-state index contributed by atoms with van der Waals surface area (Å²) in [6.45, 7) is 1.74. The van der Waals surface area contributed by atoms with Gasteiger partial charge in [0.1, 0.15) is 5.82 Å². The molecule has 1 aromatic heterocycles. The zero-order chi connectivity index (χ0) is 18.7. The molecular formula is C24H33N3. The lowest BCUT2D eigenvalue weighted by Gasteiger charge is -2.09. The molecule has 0 spiro atoms. The van der Waals surface area contributed by atoms with Gasteiger partial charge < -0.3 is 10.3 Å². The van der Waals surface area contributed by atoms with Crippen LogP contribution in [0.5, 0.6) is 0 Å². The number of hydrogen-bond donors (Lipinski definition) is 1. The van der Waals surface area contributed by atoms with Gasteiger partial charge in [-0.05, 0) is 37.1 Å². The quantitative estimate of drug-likeness (QED) is 0.419. The first-order valence-electron chi connectivity index (χ1n) is 10.6. The highest BCUT2D eigenvalue weighted by Crippen LogP contribution is 2.20. The summed E-state index contributed by atoms with van der Waals surface area (Å²) in [7, 11) is 0. The maximum Gasteiger partial charge on any atom is 0.110 e. The minimum absolute atomic E-state index is 0.837. The molecule has 1 heterocycles. The first-order chi connectivity index (χ1) is 13.4. The van der Waals surface area contributed by atoms with E-state index in [4.69, 9.17) is 10.7 Å². The highest BCUT2D eigenvalue weighted by molar-refractivity contribution is 5.76. The van der Waals surface area contributed by atoms with Crippen molar-refractivity contribution in [3.63, 3.8) is 0 Å². The second-order valence-electron chi connectivity index (χ2n) is 7.46. The van der Waals surface area contributed by atoms with E-state index in [0.29, 0.717) is 0 Å². The topological polar surface area (TPSA) is 43.8 Å². The van der Waals surface area contributed by atoms with E-state index in [-0.39, 0.29) is 0 Å². The van der Waals surface area contributed by atoms with E-state index in [1.165, 1.54) is 68.3 Å². The number of unbranched alkanes of at least 4 members (excludes halogenated alkanes) is 7. The van der Waals surface area contributed by atoms with Crippen molar-refractivity contribution in [2.45, 2.75) is 64.3 Å². The van der Waals surface area contributed by atoms with Gasteiger partial charge in [0.25, 0.3) is 0 Å². The molecule has 0 saturated carbocycles. The summed E-state index contributed by atoms with van der Waals surface area (Å²) in [5.74, 6) is 1.22. The van der Waals surface area contributed by atoms with Gasteiger partial charge in [-0.15, -0.1) is 0 Å². The molecule has 0 saturated heterocycles. The van der Waals surface area contributed by atoms with Gasteiger partial charge in [-0.1, -0.05) is 81.0 Å². The second kappa shape index (κ2) is 10.9. The van der Waals surface area contributed by atoms with E-state index >= 15 is 0 Å². The molecule has 3 heteroatoms. The van der Waals surface area contributed by atoms with E-state index in [0.717, 1.165) is 25.0 Å². The summed E-state index contributed by atoms with van der Waals surface area (Å²) in [6.07, 6.45) is 11.4. The van der Waals surface area contributed by atoms with Gasteiger partial charge >= 0.3 is 0 Å². The van der Waals surface area contributed by atoms with Crippen LogP contribution in [-0.4, -0.2) is 16.1 Å². The molecule has 0 aliphatic heterocycles. The molecule has 0 amide bonds. The van der Waals surface area contributed by atoms with Gasteiger partial charge in [0, 0.05) is 13.0 Å². The third-order valence-corrected chi connectivity index (χ3v) is 5.27. The van der Waals surface area contributed by atoms with Crippen LogP contribution in [-0.2, 0) is 13.0 Å². The van der Waals surface area contributed by atoms with Gasteiger partial charge in [0.2, 0.25) is 0 Å². The Hall–Kier alpha value is -2.13. The van der Waals surface area contributed by atoms with Gasteiger partial charge in [-0.2, -0.15) is 0 Å². The van der Waals surface area contributed by atoms with E-state index < -0.39 is 0 Å². The molecule has 0 aliphatic carbocycles. The van der Waals surface area contributed by atoms with Gasteiger partial charge in [-0.25, -0.2) is 4.98 Å². The van der Waals surface area contributed by atoms with Gasteiger partial charge in [-0.3, -0.25) is 0 Å². The molecule has 0 fully saturated rings. The number of aryl methyl sites for hydroxylation is 1. The molecule has 27 heavy (non-hydrogen) atoms. The number of imidazole rings is 1. The molecule has 0 aliphatic rings. The maximum atomic E-state index is 5.55. The van der Waals surface area contributed by atoms with Crippen LogP contribution in [0.1, 0.15) is 62.8 Å². The lowest BCUT2D eigenvalue weighted by molar-refractivity contribution is 0.563. The maximum absolute atomic E-state index is 5.55. The van der Waals surface area contributed by atoms with Crippen molar-refractivity contribution in [3.8, 4) is 0 Å². The fraction of sp³-hybridized carbons (Fsp3) is 0.458. The second-order valence-corrected chi connectivity index (χ2v) is 7.46. The molecule has 0 bridgehead atoms. The number of nitrogens with zero attached hydrogens (tertiary/aromatic N) is 2. The van der Waals surface area contributed by atoms with E-state index in [1.54, 1.807) is 0 Å². The largest absolute Gasteiger partial charge is 0.330 e. The van der Waals surface area contributed by atoms with E-state index in [2.05, 4.69) is 59.2 Å². The molecular weight excluding hydrogens is 330 g/mol. The summed E-state index contributed by atoms with van der Waals surface area (Å²) in [6, 6.07) is 19.2. The summed E-state index contributed by atoms with van der Waals surface area (Å²) in [5.41, 5.74) is 9.24. The van der Waals surface area contributed by atoms with Crippen molar-refractivity contribution in [2.24, 2.45) is 5.73 Å². The van der Waals surface area contributed by atoms with Crippen LogP contribution in [0, 0.1) is 0 Å². The molecule has 2 N–H and O–H groups in total. The SMILES string of the molecule is NCCCCCCCCCCc1nc2ccccc2n1Cc1ccccc1. The summed E-state index contributed by atoms with van der Waals surface area (Å²) < 4.78 is 2.40. The number of rotatable bonds is 12. The minimum atomic E-state index is 0.837. The lowest BCUT2D eigenvalue weighted by atomic mass is 10.1. The molecule has 3 rings (SSSR count). The van der Waals surface area contributed by atoms with Crippen LogP contribution in [0.15, 0.2) is 54.6 Å². The van der Waals surface area contributed by atoms with E-state index in [1.807, 2.05) is 0 Å². The Kier molecular flexibility index (Phi) is 7.91. The van der Waals surface area contributed by atoms with Crippen molar-refractivity contribution in [3.05, 3.63) is 66.0 Å². The number of fused-ring (bicyclic) bond motifs is 1. The predicted octanol–water partition coefficient (Wildman–Crippen LogP) is 5.71. The Bertz CT molecular complexity index is 792.